The van der Waals surface area contributed by atoms with Gasteiger partial charge in [-0.15, -0.1) is 0 Å². The van der Waals surface area contributed by atoms with Crippen molar-refractivity contribution in [3.05, 3.63) is 107 Å². The van der Waals surface area contributed by atoms with Crippen molar-refractivity contribution in [1.82, 2.24) is 0 Å². The Kier molecular flexibility index (Phi) is 4.93. The molecular formula is C21H14F5NO. The fourth-order valence-corrected chi connectivity index (χ4v) is 3.25. The van der Waals surface area contributed by atoms with Gasteiger partial charge in [0, 0.05) is 0 Å². The molecule has 1 unspecified atom stereocenters. The molecule has 0 aliphatic heterocycles. The second-order valence-electron chi connectivity index (χ2n) is 6.18. The van der Waals surface area contributed by atoms with Crippen LogP contribution in [0.2, 0.25) is 0 Å². The molecule has 144 valence electrons. The van der Waals surface area contributed by atoms with E-state index in [2.05, 4.69) is 0 Å². The largest absolute Gasteiger partial charge is 0.416 e. The SMILES string of the molecule is NC(=O)C(c1ccccc1)(c1ccc(C(F)(F)F)cc1)c1ccc(F)c(F)c1. The summed E-state index contributed by atoms with van der Waals surface area (Å²) in [7, 11) is 0. The number of alkyl halides is 3. The van der Waals surface area contributed by atoms with Crippen LogP contribution in [0, 0.1) is 11.6 Å². The van der Waals surface area contributed by atoms with Crippen LogP contribution in [-0.4, -0.2) is 5.91 Å². The van der Waals surface area contributed by atoms with Crippen LogP contribution in [0.25, 0.3) is 0 Å². The van der Waals surface area contributed by atoms with Crippen LogP contribution >= 0.6 is 0 Å². The lowest BCUT2D eigenvalue weighted by atomic mass is 9.68. The Hall–Kier alpha value is -3.22. The van der Waals surface area contributed by atoms with Gasteiger partial charge in [0.15, 0.2) is 11.6 Å². The van der Waals surface area contributed by atoms with Crippen molar-refractivity contribution >= 4 is 5.91 Å². The summed E-state index contributed by atoms with van der Waals surface area (Å²) in [5, 5.41) is 0. The van der Waals surface area contributed by atoms with Gasteiger partial charge in [0.05, 0.1) is 5.56 Å². The van der Waals surface area contributed by atoms with E-state index in [0.29, 0.717) is 5.56 Å². The van der Waals surface area contributed by atoms with Crippen molar-refractivity contribution in [1.29, 1.82) is 0 Å². The number of hydrogen-bond acceptors (Lipinski definition) is 1. The highest BCUT2D eigenvalue weighted by atomic mass is 19.4. The first kappa shape index (κ1) is 19.5. The quantitative estimate of drug-likeness (QED) is 0.504. The summed E-state index contributed by atoms with van der Waals surface area (Å²) in [6.45, 7) is 0. The van der Waals surface area contributed by atoms with Gasteiger partial charge in [0.1, 0.15) is 5.41 Å². The fraction of sp³-hybridized carbons (Fsp3) is 0.0952. The third kappa shape index (κ3) is 3.24. The summed E-state index contributed by atoms with van der Waals surface area (Å²) in [5.41, 5.74) is 3.41. The molecule has 2 nitrogen and oxygen atoms in total. The molecule has 0 aromatic heterocycles. The number of amides is 1. The predicted octanol–water partition coefficient (Wildman–Crippen LogP) is 4.80. The zero-order valence-corrected chi connectivity index (χ0v) is 14.3. The van der Waals surface area contributed by atoms with Crippen molar-refractivity contribution in [2.75, 3.05) is 0 Å². The maximum absolute atomic E-state index is 13.9. The monoisotopic (exact) mass is 391 g/mol. The number of carbonyl (C=O) groups is 1. The van der Waals surface area contributed by atoms with E-state index in [9.17, 15) is 26.7 Å². The van der Waals surface area contributed by atoms with Crippen molar-refractivity contribution < 1.29 is 26.7 Å². The Morgan fingerprint density at radius 1 is 0.679 bits per heavy atom. The number of halogens is 5. The predicted molar refractivity (Wildman–Crippen MR) is 93.3 cm³/mol. The van der Waals surface area contributed by atoms with E-state index in [1.165, 1.54) is 6.07 Å². The lowest BCUT2D eigenvalue weighted by Gasteiger charge is -2.33. The van der Waals surface area contributed by atoms with Gasteiger partial charge in [-0.2, -0.15) is 13.2 Å². The molecule has 0 bridgehead atoms. The fourth-order valence-electron chi connectivity index (χ4n) is 3.25. The van der Waals surface area contributed by atoms with E-state index < -0.39 is 34.7 Å². The molecule has 7 heteroatoms. The van der Waals surface area contributed by atoms with Gasteiger partial charge >= 0.3 is 6.18 Å². The Morgan fingerprint density at radius 2 is 1.18 bits per heavy atom. The first-order chi connectivity index (χ1) is 13.2. The topological polar surface area (TPSA) is 43.1 Å². The van der Waals surface area contributed by atoms with E-state index in [-0.39, 0.29) is 11.1 Å². The van der Waals surface area contributed by atoms with Crippen LogP contribution in [0.3, 0.4) is 0 Å². The number of carbonyl (C=O) groups excluding carboxylic acids is 1. The molecule has 3 rings (SSSR count). The van der Waals surface area contributed by atoms with Crippen molar-refractivity contribution in [3.8, 4) is 0 Å². The lowest BCUT2D eigenvalue weighted by molar-refractivity contribution is -0.137. The standard InChI is InChI=1S/C21H14F5NO/c22-17-11-10-16(12-18(17)23)20(19(27)28,13-4-2-1-3-5-13)14-6-8-15(9-7-14)21(24,25)26/h1-12H,(H2,27,28). The molecule has 0 aliphatic rings. The average molecular weight is 391 g/mol. The molecule has 28 heavy (non-hydrogen) atoms. The molecule has 1 amide bonds. The second-order valence-corrected chi connectivity index (χ2v) is 6.18. The molecule has 0 fully saturated rings. The molecule has 2 N–H and O–H groups in total. The van der Waals surface area contributed by atoms with E-state index in [1.807, 2.05) is 0 Å². The number of benzene rings is 3. The molecule has 0 saturated heterocycles. The van der Waals surface area contributed by atoms with E-state index in [1.54, 1.807) is 30.3 Å². The van der Waals surface area contributed by atoms with Gasteiger partial charge in [0.2, 0.25) is 5.91 Å². The molecule has 3 aromatic rings. The van der Waals surface area contributed by atoms with E-state index >= 15 is 0 Å². The molecule has 1 atom stereocenters. The van der Waals surface area contributed by atoms with Crippen molar-refractivity contribution in [2.24, 2.45) is 5.73 Å². The summed E-state index contributed by atoms with van der Waals surface area (Å²) in [4.78, 5) is 12.7. The smallest absolute Gasteiger partial charge is 0.368 e. The Bertz CT molecular complexity index is 1000. The highest BCUT2D eigenvalue weighted by Crippen LogP contribution is 2.40. The molecular weight excluding hydrogens is 377 g/mol. The summed E-state index contributed by atoms with van der Waals surface area (Å²) >= 11 is 0. The first-order valence-electron chi connectivity index (χ1n) is 8.16. The minimum absolute atomic E-state index is 0.00450. The van der Waals surface area contributed by atoms with Crippen molar-refractivity contribution in [3.63, 3.8) is 0 Å². The van der Waals surface area contributed by atoms with Crippen LogP contribution in [0.15, 0.2) is 72.8 Å². The Balaban J connectivity index is 2.33. The molecule has 0 aliphatic carbocycles. The molecule has 0 saturated carbocycles. The van der Waals surface area contributed by atoms with Gasteiger partial charge < -0.3 is 5.73 Å². The second kappa shape index (κ2) is 7.07. The Labute approximate surface area is 157 Å². The molecule has 0 heterocycles. The number of hydrogen-bond donors (Lipinski definition) is 1. The minimum atomic E-state index is -4.57. The minimum Gasteiger partial charge on any atom is -0.368 e. The normalized spacial score (nSPS) is 13.8. The molecule has 0 spiro atoms. The van der Waals surface area contributed by atoms with Gasteiger partial charge in [0.25, 0.3) is 0 Å². The highest BCUT2D eigenvalue weighted by Gasteiger charge is 2.43. The maximum atomic E-state index is 13.9. The first-order valence-corrected chi connectivity index (χ1v) is 8.16. The van der Waals surface area contributed by atoms with Crippen LogP contribution in [0.5, 0.6) is 0 Å². The number of rotatable bonds is 4. The highest BCUT2D eigenvalue weighted by molar-refractivity contribution is 5.95. The summed E-state index contributed by atoms with van der Waals surface area (Å²) in [6, 6.07) is 14.7. The van der Waals surface area contributed by atoms with Crippen molar-refractivity contribution in [2.45, 2.75) is 11.6 Å². The van der Waals surface area contributed by atoms with Gasteiger partial charge in [-0.05, 0) is 41.0 Å². The maximum Gasteiger partial charge on any atom is 0.416 e. The zero-order chi connectivity index (χ0) is 20.5. The Morgan fingerprint density at radius 3 is 1.68 bits per heavy atom. The number of primary amides is 1. The summed E-state index contributed by atoms with van der Waals surface area (Å²) in [5.74, 6) is -3.27. The zero-order valence-electron chi connectivity index (χ0n) is 14.3. The third-order valence-electron chi connectivity index (χ3n) is 4.57. The lowest BCUT2D eigenvalue weighted by Crippen LogP contribution is -2.43. The van der Waals surface area contributed by atoms with Gasteiger partial charge in [-0.1, -0.05) is 48.5 Å². The van der Waals surface area contributed by atoms with Crippen LogP contribution in [0.1, 0.15) is 22.3 Å². The molecule has 3 aromatic carbocycles. The summed E-state index contributed by atoms with van der Waals surface area (Å²) < 4.78 is 66.2. The van der Waals surface area contributed by atoms with Gasteiger partial charge in [-0.3, -0.25) is 4.79 Å². The van der Waals surface area contributed by atoms with E-state index in [4.69, 9.17) is 5.73 Å². The van der Waals surface area contributed by atoms with Gasteiger partial charge in [-0.25, -0.2) is 8.78 Å². The number of nitrogens with two attached hydrogens (primary N) is 1. The van der Waals surface area contributed by atoms with E-state index in [0.717, 1.165) is 36.4 Å². The van der Waals surface area contributed by atoms with Crippen LogP contribution in [-0.2, 0) is 16.4 Å². The summed E-state index contributed by atoms with van der Waals surface area (Å²) in [6.07, 6.45) is -4.57. The van der Waals surface area contributed by atoms with Crippen LogP contribution in [0.4, 0.5) is 22.0 Å². The third-order valence-corrected chi connectivity index (χ3v) is 4.57. The van der Waals surface area contributed by atoms with Crippen LogP contribution < -0.4 is 5.73 Å². The average Bonchev–Trinajstić information content (AvgIpc) is 2.65. The molecule has 0 radical (unpaired) electrons.